The van der Waals surface area contributed by atoms with Gasteiger partial charge in [0.2, 0.25) is 5.91 Å². The van der Waals surface area contributed by atoms with Crippen LogP contribution >= 0.6 is 11.8 Å². The molecule has 110 valence electrons. The number of halogens is 2. The van der Waals surface area contributed by atoms with Crippen molar-refractivity contribution in [3.63, 3.8) is 0 Å². The van der Waals surface area contributed by atoms with Crippen LogP contribution < -0.4 is 5.32 Å². The van der Waals surface area contributed by atoms with Gasteiger partial charge in [-0.15, -0.1) is 0 Å². The predicted octanol–water partition coefficient (Wildman–Crippen LogP) is 3.43. The van der Waals surface area contributed by atoms with Crippen LogP contribution in [0.2, 0.25) is 0 Å². The highest BCUT2D eigenvalue weighted by Gasteiger charge is 2.16. The first-order valence-corrected chi connectivity index (χ1v) is 7.60. The predicted molar refractivity (Wildman–Crippen MR) is 77.2 cm³/mol. The van der Waals surface area contributed by atoms with E-state index >= 15 is 0 Å². The fourth-order valence-corrected chi connectivity index (χ4v) is 2.85. The zero-order chi connectivity index (χ0) is 14.4. The van der Waals surface area contributed by atoms with Gasteiger partial charge in [-0.3, -0.25) is 4.79 Å². The van der Waals surface area contributed by atoms with E-state index in [1.165, 1.54) is 6.42 Å². The summed E-state index contributed by atoms with van der Waals surface area (Å²) >= 11 is 0.492. The second-order valence-electron chi connectivity index (χ2n) is 4.67. The van der Waals surface area contributed by atoms with Gasteiger partial charge in [0.25, 0.3) is 5.76 Å². The van der Waals surface area contributed by atoms with Gasteiger partial charge in [0.05, 0.1) is 6.54 Å². The van der Waals surface area contributed by atoms with E-state index in [0.717, 1.165) is 25.9 Å². The standard InChI is InChI=1S/C14H18F2N2OS/c15-14(16)20-12-7-3-2-6-11(12)17-10-13(19)18-8-4-1-5-9-18/h2-3,6-7,14,17H,1,4-5,8-10H2. The normalized spacial score (nSPS) is 15.4. The minimum atomic E-state index is -2.46. The summed E-state index contributed by atoms with van der Waals surface area (Å²) in [7, 11) is 0. The molecule has 0 unspecified atom stereocenters. The summed E-state index contributed by atoms with van der Waals surface area (Å²) in [5, 5.41) is 2.97. The van der Waals surface area contributed by atoms with E-state index in [1.807, 2.05) is 4.90 Å². The summed E-state index contributed by atoms with van der Waals surface area (Å²) in [4.78, 5) is 14.3. The second kappa shape index (κ2) is 7.47. The third-order valence-corrected chi connectivity index (χ3v) is 4.03. The van der Waals surface area contributed by atoms with E-state index in [4.69, 9.17) is 0 Å². The minimum Gasteiger partial charge on any atom is -0.375 e. The first kappa shape index (κ1) is 15.1. The molecule has 2 rings (SSSR count). The van der Waals surface area contributed by atoms with Crippen molar-refractivity contribution in [2.45, 2.75) is 29.9 Å². The Morgan fingerprint density at radius 1 is 1.25 bits per heavy atom. The zero-order valence-electron chi connectivity index (χ0n) is 11.1. The van der Waals surface area contributed by atoms with Crippen molar-refractivity contribution in [1.82, 2.24) is 4.90 Å². The first-order valence-electron chi connectivity index (χ1n) is 6.72. The summed E-state index contributed by atoms with van der Waals surface area (Å²) in [6, 6.07) is 6.82. The van der Waals surface area contributed by atoms with Gasteiger partial charge < -0.3 is 10.2 Å². The number of carbonyl (C=O) groups is 1. The number of alkyl halides is 2. The van der Waals surface area contributed by atoms with E-state index < -0.39 is 5.76 Å². The molecule has 0 bridgehead atoms. The number of amides is 1. The molecular formula is C14H18F2N2OS. The molecule has 1 fully saturated rings. The summed E-state index contributed by atoms with van der Waals surface area (Å²) in [6.45, 7) is 1.75. The molecule has 0 saturated carbocycles. The number of nitrogens with one attached hydrogen (secondary N) is 1. The first-order chi connectivity index (χ1) is 9.66. The van der Waals surface area contributed by atoms with Crippen molar-refractivity contribution in [2.75, 3.05) is 25.0 Å². The Bertz CT molecular complexity index is 451. The molecule has 6 heteroatoms. The third kappa shape index (κ3) is 4.37. The highest BCUT2D eigenvalue weighted by atomic mass is 32.2. The number of piperidine rings is 1. The fraction of sp³-hybridized carbons (Fsp3) is 0.500. The molecule has 20 heavy (non-hydrogen) atoms. The molecule has 1 saturated heterocycles. The van der Waals surface area contributed by atoms with Crippen molar-refractivity contribution in [1.29, 1.82) is 0 Å². The third-order valence-electron chi connectivity index (χ3n) is 3.24. The Labute approximate surface area is 121 Å². The van der Waals surface area contributed by atoms with Gasteiger partial charge in [-0.25, -0.2) is 0 Å². The van der Waals surface area contributed by atoms with Gasteiger partial charge in [0.15, 0.2) is 0 Å². The Morgan fingerprint density at radius 2 is 1.95 bits per heavy atom. The highest BCUT2D eigenvalue weighted by molar-refractivity contribution is 7.99. The molecule has 1 aliphatic rings. The van der Waals surface area contributed by atoms with Gasteiger partial charge in [0, 0.05) is 23.7 Å². The van der Waals surface area contributed by atoms with E-state index in [-0.39, 0.29) is 12.5 Å². The number of hydrogen-bond donors (Lipinski definition) is 1. The molecule has 0 aromatic heterocycles. The van der Waals surface area contributed by atoms with E-state index in [9.17, 15) is 13.6 Å². The maximum atomic E-state index is 12.5. The fourth-order valence-electron chi connectivity index (χ4n) is 2.24. The lowest BCUT2D eigenvalue weighted by molar-refractivity contribution is -0.130. The van der Waals surface area contributed by atoms with E-state index in [0.29, 0.717) is 22.3 Å². The van der Waals surface area contributed by atoms with Crippen LogP contribution in [0.3, 0.4) is 0 Å². The Hall–Kier alpha value is -1.30. The number of anilines is 1. The number of thioether (sulfide) groups is 1. The average Bonchev–Trinajstić information content (AvgIpc) is 2.46. The van der Waals surface area contributed by atoms with Crippen LogP contribution in [0.25, 0.3) is 0 Å². The maximum absolute atomic E-state index is 12.5. The maximum Gasteiger partial charge on any atom is 0.288 e. The smallest absolute Gasteiger partial charge is 0.288 e. The largest absolute Gasteiger partial charge is 0.375 e. The van der Waals surface area contributed by atoms with Crippen molar-refractivity contribution >= 4 is 23.4 Å². The van der Waals surface area contributed by atoms with Crippen LogP contribution in [0.1, 0.15) is 19.3 Å². The topological polar surface area (TPSA) is 32.3 Å². The molecule has 1 amide bonds. The molecular weight excluding hydrogens is 282 g/mol. The van der Waals surface area contributed by atoms with E-state index in [2.05, 4.69) is 5.32 Å². The molecule has 1 N–H and O–H groups in total. The number of hydrogen-bond acceptors (Lipinski definition) is 3. The molecule has 1 heterocycles. The van der Waals surface area contributed by atoms with Crippen LogP contribution in [0.5, 0.6) is 0 Å². The van der Waals surface area contributed by atoms with Gasteiger partial charge in [-0.05, 0) is 31.4 Å². The van der Waals surface area contributed by atoms with Crippen molar-refractivity contribution in [3.8, 4) is 0 Å². The Morgan fingerprint density at radius 3 is 2.65 bits per heavy atom. The van der Waals surface area contributed by atoms with Crippen LogP contribution in [-0.4, -0.2) is 36.2 Å². The lowest BCUT2D eigenvalue weighted by atomic mass is 10.1. The molecule has 1 aromatic carbocycles. The second-order valence-corrected chi connectivity index (χ2v) is 5.70. The Balaban J connectivity index is 1.91. The number of nitrogens with zero attached hydrogens (tertiary/aromatic N) is 1. The zero-order valence-corrected chi connectivity index (χ0v) is 12.0. The number of carbonyl (C=O) groups excluding carboxylic acids is 1. The molecule has 0 atom stereocenters. The summed E-state index contributed by atoms with van der Waals surface area (Å²) in [5.41, 5.74) is 0.586. The number of likely N-dealkylation sites (tertiary alicyclic amines) is 1. The van der Waals surface area contributed by atoms with Gasteiger partial charge >= 0.3 is 0 Å². The summed E-state index contributed by atoms with van der Waals surface area (Å²) < 4.78 is 24.9. The quantitative estimate of drug-likeness (QED) is 0.846. The molecule has 0 aliphatic carbocycles. The molecule has 1 aliphatic heterocycles. The van der Waals surface area contributed by atoms with Crippen LogP contribution in [-0.2, 0) is 4.79 Å². The summed E-state index contributed by atoms with van der Waals surface area (Å²) in [6.07, 6.45) is 3.26. The van der Waals surface area contributed by atoms with Crippen LogP contribution in [0, 0.1) is 0 Å². The Kier molecular flexibility index (Phi) is 5.64. The number of rotatable bonds is 5. The monoisotopic (exact) mass is 300 g/mol. The number of para-hydroxylation sites is 1. The SMILES string of the molecule is O=C(CNc1ccccc1SC(F)F)N1CCCCC1. The van der Waals surface area contributed by atoms with Gasteiger partial charge in [0.1, 0.15) is 0 Å². The summed E-state index contributed by atoms with van der Waals surface area (Å²) in [5.74, 6) is -2.43. The highest BCUT2D eigenvalue weighted by Crippen LogP contribution is 2.31. The van der Waals surface area contributed by atoms with E-state index in [1.54, 1.807) is 24.3 Å². The molecule has 1 aromatic rings. The lowest BCUT2D eigenvalue weighted by Crippen LogP contribution is -2.39. The molecule has 0 spiro atoms. The van der Waals surface area contributed by atoms with Crippen molar-refractivity contribution < 1.29 is 13.6 Å². The van der Waals surface area contributed by atoms with Crippen LogP contribution in [0.15, 0.2) is 29.2 Å². The van der Waals surface area contributed by atoms with Crippen LogP contribution in [0.4, 0.5) is 14.5 Å². The van der Waals surface area contributed by atoms with Crippen molar-refractivity contribution in [3.05, 3.63) is 24.3 Å². The lowest BCUT2D eigenvalue weighted by Gasteiger charge is -2.27. The minimum absolute atomic E-state index is 0.0292. The van der Waals surface area contributed by atoms with Crippen molar-refractivity contribution in [2.24, 2.45) is 0 Å². The number of benzene rings is 1. The molecule has 3 nitrogen and oxygen atoms in total. The van der Waals surface area contributed by atoms with Gasteiger partial charge in [-0.1, -0.05) is 23.9 Å². The average molecular weight is 300 g/mol. The van der Waals surface area contributed by atoms with Gasteiger partial charge in [-0.2, -0.15) is 8.78 Å². The molecule has 0 radical (unpaired) electrons.